The van der Waals surface area contributed by atoms with Crippen LogP contribution >= 0.6 is 0 Å². The lowest BCUT2D eigenvalue weighted by molar-refractivity contribution is 0.0828. The van der Waals surface area contributed by atoms with Crippen LogP contribution in [0.4, 0.5) is 8.78 Å². The first-order chi connectivity index (χ1) is 15.7. The number of aliphatic hydroxyl groups is 1. The number of hydrogen-bond acceptors (Lipinski definition) is 4. The Morgan fingerprint density at radius 3 is 2.36 bits per heavy atom. The van der Waals surface area contributed by atoms with Gasteiger partial charge in [0.2, 0.25) is 0 Å². The first kappa shape index (κ1) is 24.6. The Morgan fingerprint density at radius 2 is 1.73 bits per heavy atom. The number of rotatable bonds is 10. The van der Waals surface area contributed by atoms with Gasteiger partial charge in [-0.25, -0.2) is 8.78 Å². The van der Waals surface area contributed by atoms with Gasteiger partial charge in [0, 0.05) is 19.2 Å². The third-order valence-corrected chi connectivity index (χ3v) is 5.53. The topological polar surface area (TPSA) is 74.5 Å². The highest BCUT2D eigenvalue weighted by Gasteiger charge is 2.24. The van der Waals surface area contributed by atoms with Crippen LogP contribution in [-0.2, 0) is 19.4 Å². The predicted octanol–water partition coefficient (Wildman–Crippen LogP) is 4.23. The highest BCUT2D eigenvalue weighted by Crippen LogP contribution is 2.16. The van der Waals surface area contributed by atoms with E-state index in [9.17, 15) is 18.7 Å². The van der Waals surface area contributed by atoms with Gasteiger partial charge in [-0.15, -0.1) is 0 Å². The van der Waals surface area contributed by atoms with Crippen LogP contribution < -0.4 is 10.6 Å². The van der Waals surface area contributed by atoms with Gasteiger partial charge in [-0.2, -0.15) is 0 Å². The minimum atomic E-state index is -0.997. The van der Waals surface area contributed by atoms with E-state index < -0.39 is 29.7 Å². The van der Waals surface area contributed by atoms with Gasteiger partial charge in [0.15, 0.2) is 0 Å². The summed E-state index contributed by atoms with van der Waals surface area (Å²) < 4.78 is 32.8. The zero-order chi connectivity index (χ0) is 24.0. The molecular formula is C26H30F2N2O3. The zero-order valence-electron chi connectivity index (χ0n) is 19.1. The summed E-state index contributed by atoms with van der Waals surface area (Å²) in [6.45, 7) is 6.23. The van der Waals surface area contributed by atoms with E-state index in [1.54, 1.807) is 19.9 Å². The van der Waals surface area contributed by atoms with Gasteiger partial charge in [-0.3, -0.25) is 4.79 Å². The van der Waals surface area contributed by atoms with E-state index in [4.69, 9.17) is 4.42 Å². The molecule has 0 aliphatic heterocycles. The molecule has 5 nitrogen and oxygen atoms in total. The average Bonchev–Trinajstić information content (AvgIpc) is 3.10. The molecule has 0 bridgehead atoms. The molecule has 0 saturated carbocycles. The molecule has 1 amide bonds. The molecule has 0 aliphatic carbocycles. The largest absolute Gasteiger partial charge is 0.466 e. The maximum absolute atomic E-state index is 13.7. The molecule has 3 N–H and O–H groups in total. The van der Waals surface area contributed by atoms with E-state index in [2.05, 4.69) is 29.7 Å². The molecule has 0 radical (unpaired) electrons. The minimum Gasteiger partial charge on any atom is -0.466 e. The summed E-state index contributed by atoms with van der Waals surface area (Å²) in [7, 11) is 0. The molecule has 2 atom stereocenters. The van der Waals surface area contributed by atoms with Crippen LogP contribution in [0.3, 0.4) is 0 Å². The molecule has 3 rings (SSSR count). The van der Waals surface area contributed by atoms with Gasteiger partial charge in [0.05, 0.1) is 17.7 Å². The maximum atomic E-state index is 13.7. The van der Waals surface area contributed by atoms with Crippen LogP contribution in [0.25, 0.3) is 0 Å². The Labute approximate surface area is 192 Å². The fraction of sp³-hybridized carbons (Fsp3) is 0.346. The molecule has 0 spiro atoms. The summed E-state index contributed by atoms with van der Waals surface area (Å²) >= 11 is 0. The van der Waals surface area contributed by atoms with Crippen molar-refractivity contribution in [2.24, 2.45) is 0 Å². The molecule has 0 aliphatic rings. The highest BCUT2D eigenvalue weighted by molar-refractivity contribution is 5.95. The summed E-state index contributed by atoms with van der Waals surface area (Å²) in [6, 6.07) is 12.2. The van der Waals surface area contributed by atoms with Crippen molar-refractivity contribution in [3.05, 3.63) is 93.9 Å². The first-order valence-corrected chi connectivity index (χ1v) is 11.0. The summed E-state index contributed by atoms with van der Waals surface area (Å²) in [5, 5.41) is 16.9. The van der Waals surface area contributed by atoms with Crippen molar-refractivity contribution in [3.8, 4) is 0 Å². The number of carbonyl (C=O) groups excluding carboxylic acids is 1. The number of furan rings is 1. The fourth-order valence-corrected chi connectivity index (χ4v) is 3.83. The number of benzene rings is 2. The van der Waals surface area contributed by atoms with Gasteiger partial charge < -0.3 is 20.2 Å². The van der Waals surface area contributed by atoms with Gasteiger partial charge in [0.25, 0.3) is 5.91 Å². The van der Waals surface area contributed by atoms with E-state index in [0.29, 0.717) is 29.2 Å². The standard InChI is InChI=1S/C26H30F2N2O3/c1-4-18-6-5-7-19(9-18)14-29-15-25(31)24(12-20-10-21(27)13-22(28)11-20)30-26(32)23-8-16(2)33-17(23)3/h5-11,13,24-25,29,31H,4,12,14-15H2,1-3H3,(H,30,32)/t24-,25+/m1/s1. The SMILES string of the molecule is CCc1cccc(CNC[C@H](O)[C@@H](Cc2cc(F)cc(F)c2)NC(=O)c2cc(C)oc2C)c1. The van der Waals surface area contributed by atoms with Crippen LogP contribution in [0.1, 0.15) is 45.5 Å². The number of aryl methyl sites for hydroxylation is 3. The third kappa shape index (κ3) is 6.97. The second kappa shape index (κ2) is 11.2. The normalized spacial score (nSPS) is 13.0. The van der Waals surface area contributed by atoms with Crippen molar-refractivity contribution in [1.82, 2.24) is 10.6 Å². The van der Waals surface area contributed by atoms with Crippen molar-refractivity contribution in [3.63, 3.8) is 0 Å². The van der Waals surface area contributed by atoms with E-state index in [0.717, 1.165) is 18.1 Å². The van der Waals surface area contributed by atoms with E-state index in [1.165, 1.54) is 17.7 Å². The Kier molecular flexibility index (Phi) is 8.36. The van der Waals surface area contributed by atoms with Crippen molar-refractivity contribution in [2.45, 2.75) is 52.3 Å². The van der Waals surface area contributed by atoms with Crippen LogP contribution in [0.5, 0.6) is 0 Å². The predicted molar refractivity (Wildman–Crippen MR) is 123 cm³/mol. The Hall–Kier alpha value is -3.03. The number of nitrogens with one attached hydrogen (secondary N) is 2. The summed E-state index contributed by atoms with van der Waals surface area (Å²) in [5.74, 6) is -0.776. The van der Waals surface area contributed by atoms with Gasteiger partial charge in [-0.1, -0.05) is 31.2 Å². The second-order valence-corrected chi connectivity index (χ2v) is 8.26. The number of aliphatic hydroxyl groups excluding tert-OH is 1. The summed E-state index contributed by atoms with van der Waals surface area (Å²) in [4.78, 5) is 12.8. The van der Waals surface area contributed by atoms with Gasteiger partial charge in [-0.05, 0) is 61.6 Å². The molecule has 33 heavy (non-hydrogen) atoms. The second-order valence-electron chi connectivity index (χ2n) is 8.26. The van der Waals surface area contributed by atoms with Crippen molar-refractivity contribution in [2.75, 3.05) is 6.54 Å². The highest BCUT2D eigenvalue weighted by atomic mass is 19.1. The number of amides is 1. The lowest BCUT2D eigenvalue weighted by atomic mass is 10.00. The van der Waals surface area contributed by atoms with Gasteiger partial charge in [0.1, 0.15) is 23.2 Å². The Balaban J connectivity index is 1.71. The van der Waals surface area contributed by atoms with Crippen LogP contribution in [0.15, 0.2) is 52.9 Å². The lowest BCUT2D eigenvalue weighted by Gasteiger charge is -2.25. The smallest absolute Gasteiger partial charge is 0.255 e. The molecule has 3 aromatic rings. The molecule has 176 valence electrons. The molecule has 0 unspecified atom stereocenters. The van der Waals surface area contributed by atoms with Crippen LogP contribution in [0, 0.1) is 25.5 Å². The Bertz CT molecular complexity index is 1080. The van der Waals surface area contributed by atoms with E-state index >= 15 is 0 Å². The minimum absolute atomic E-state index is 0.0600. The molecule has 7 heteroatoms. The first-order valence-electron chi connectivity index (χ1n) is 11.0. The lowest BCUT2D eigenvalue weighted by Crippen LogP contribution is -2.48. The van der Waals surface area contributed by atoms with Crippen molar-refractivity contribution >= 4 is 5.91 Å². The van der Waals surface area contributed by atoms with Crippen molar-refractivity contribution < 1.29 is 23.1 Å². The molecule has 0 fully saturated rings. The zero-order valence-corrected chi connectivity index (χ0v) is 19.1. The summed E-state index contributed by atoms with van der Waals surface area (Å²) in [6.07, 6.45) is -0.00508. The van der Waals surface area contributed by atoms with E-state index in [1.807, 2.05) is 12.1 Å². The average molecular weight is 457 g/mol. The number of carbonyl (C=O) groups is 1. The van der Waals surface area contributed by atoms with Crippen LogP contribution in [0.2, 0.25) is 0 Å². The molecular weight excluding hydrogens is 426 g/mol. The van der Waals surface area contributed by atoms with Gasteiger partial charge >= 0.3 is 0 Å². The molecule has 0 saturated heterocycles. The van der Waals surface area contributed by atoms with Crippen LogP contribution in [-0.4, -0.2) is 29.7 Å². The third-order valence-electron chi connectivity index (χ3n) is 5.53. The number of hydrogen-bond donors (Lipinski definition) is 3. The van der Waals surface area contributed by atoms with Crippen molar-refractivity contribution in [1.29, 1.82) is 0 Å². The number of halogens is 2. The quantitative estimate of drug-likeness (QED) is 0.427. The monoisotopic (exact) mass is 456 g/mol. The molecule has 1 heterocycles. The molecule has 1 aromatic heterocycles. The fourth-order valence-electron chi connectivity index (χ4n) is 3.83. The van der Waals surface area contributed by atoms with E-state index in [-0.39, 0.29) is 13.0 Å². The summed E-state index contributed by atoms with van der Waals surface area (Å²) in [5.41, 5.74) is 3.00. The maximum Gasteiger partial charge on any atom is 0.255 e. The molecule has 2 aromatic carbocycles. The Morgan fingerprint density at radius 1 is 1.03 bits per heavy atom.